The molecule has 8 nitrogen and oxygen atoms in total. The Morgan fingerprint density at radius 3 is 2.46 bits per heavy atom. The Labute approximate surface area is 156 Å². The van der Waals surface area contributed by atoms with Gasteiger partial charge in [-0.05, 0) is 40.5 Å². The van der Waals surface area contributed by atoms with E-state index in [1.807, 2.05) is 6.92 Å². The summed E-state index contributed by atoms with van der Waals surface area (Å²) in [6.45, 7) is 9.24. The highest BCUT2D eigenvalue weighted by molar-refractivity contribution is 7.89. The fraction of sp³-hybridized carbons (Fsp3) is 0.882. The summed E-state index contributed by atoms with van der Waals surface area (Å²) in [5.41, 5.74) is -1.33. The van der Waals surface area contributed by atoms with Gasteiger partial charge in [-0.15, -0.1) is 0 Å². The number of hydrogen-bond donors (Lipinski definition) is 3. The van der Waals surface area contributed by atoms with Gasteiger partial charge in [0.05, 0.1) is 17.2 Å². The van der Waals surface area contributed by atoms with Gasteiger partial charge in [0.25, 0.3) is 0 Å². The molecule has 0 aliphatic heterocycles. The molecule has 2 amide bonds. The van der Waals surface area contributed by atoms with Crippen LogP contribution < -0.4 is 15.4 Å². The summed E-state index contributed by atoms with van der Waals surface area (Å²) >= 11 is 0. The summed E-state index contributed by atoms with van der Waals surface area (Å²) in [5.74, 6) is -0.837. The summed E-state index contributed by atoms with van der Waals surface area (Å²) in [6.07, 6.45) is 2.55. The molecule has 0 heterocycles. The van der Waals surface area contributed by atoms with Crippen LogP contribution >= 0.6 is 0 Å². The predicted molar refractivity (Wildman–Crippen MR) is 100 cm³/mol. The summed E-state index contributed by atoms with van der Waals surface area (Å²) in [4.78, 5) is 24.8. The monoisotopic (exact) mass is 391 g/mol. The van der Waals surface area contributed by atoms with Gasteiger partial charge in [-0.3, -0.25) is 4.79 Å². The number of carbonyl (C=O) groups excluding carboxylic acids is 2. The van der Waals surface area contributed by atoms with E-state index in [1.54, 1.807) is 27.7 Å². The third kappa shape index (κ3) is 7.49. The Morgan fingerprint density at radius 1 is 1.23 bits per heavy atom. The van der Waals surface area contributed by atoms with Crippen molar-refractivity contribution in [2.24, 2.45) is 5.92 Å². The first-order valence-electron chi connectivity index (χ1n) is 9.15. The van der Waals surface area contributed by atoms with E-state index in [9.17, 15) is 18.0 Å². The molecule has 2 atom stereocenters. The highest BCUT2D eigenvalue weighted by Gasteiger charge is 2.42. The number of rotatable bonds is 7. The van der Waals surface area contributed by atoms with Crippen LogP contribution in [-0.2, 0) is 19.6 Å². The van der Waals surface area contributed by atoms with E-state index in [2.05, 4.69) is 15.4 Å². The quantitative estimate of drug-likeness (QED) is 0.609. The Kier molecular flexibility index (Phi) is 7.88. The van der Waals surface area contributed by atoms with Crippen molar-refractivity contribution in [3.8, 4) is 0 Å². The number of hydrogen-bond acceptors (Lipinski definition) is 5. The summed E-state index contributed by atoms with van der Waals surface area (Å²) in [7, 11) is -3.38. The van der Waals surface area contributed by atoms with E-state index < -0.39 is 33.2 Å². The number of carbonyl (C=O) groups is 2. The normalized spacial score (nSPS) is 24.0. The molecular formula is C17H33N3O5S. The van der Waals surface area contributed by atoms with E-state index in [4.69, 9.17) is 4.74 Å². The van der Waals surface area contributed by atoms with Crippen LogP contribution in [0.15, 0.2) is 0 Å². The Morgan fingerprint density at radius 2 is 1.88 bits per heavy atom. The van der Waals surface area contributed by atoms with Crippen molar-refractivity contribution in [2.45, 2.75) is 71.4 Å². The van der Waals surface area contributed by atoms with Gasteiger partial charge in [0.1, 0.15) is 5.60 Å². The summed E-state index contributed by atoms with van der Waals surface area (Å²) in [5, 5.41) is 5.55. The molecule has 1 aliphatic rings. The van der Waals surface area contributed by atoms with Gasteiger partial charge in [-0.25, -0.2) is 17.9 Å². The second kappa shape index (κ2) is 9.03. The molecule has 3 N–H and O–H groups in total. The fourth-order valence-electron chi connectivity index (χ4n) is 3.16. The molecule has 0 saturated heterocycles. The molecule has 1 saturated carbocycles. The number of ether oxygens (including phenoxy) is 1. The lowest BCUT2D eigenvalue weighted by Gasteiger charge is -2.41. The molecule has 1 fully saturated rings. The molecule has 2 unspecified atom stereocenters. The fourth-order valence-corrected chi connectivity index (χ4v) is 4.12. The van der Waals surface area contributed by atoms with Crippen LogP contribution in [0, 0.1) is 5.92 Å². The lowest BCUT2D eigenvalue weighted by molar-refractivity contribution is -0.128. The molecule has 9 heteroatoms. The Hall–Kier alpha value is -1.35. The van der Waals surface area contributed by atoms with Gasteiger partial charge in [0.2, 0.25) is 15.9 Å². The largest absolute Gasteiger partial charge is 0.444 e. The van der Waals surface area contributed by atoms with Crippen molar-refractivity contribution in [1.29, 1.82) is 0 Å². The van der Waals surface area contributed by atoms with E-state index in [0.717, 1.165) is 12.8 Å². The molecule has 152 valence electrons. The predicted octanol–water partition coefficient (Wildman–Crippen LogP) is 1.52. The molecule has 0 spiro atoms. The van der Waals surface area contributed by atoms with Crippen LogP contribution in [0.5, 0.6) is 0 Å². The molecule has 26 heavy (non-hydrogen) atoms. The zero-order chi connectivity index (χ0) is 20.0. The second-order valence-electron chi connectivity index (χ2n) is 7.95. The van der Waals surface area contributed by atoms with Crippen LogP contribution in [-0.4, -0.2) is 50.4 Å². The first kappa shape index (κ1) is 22.7. The number of nitrogens with one attached hydrogen (secondary N) is 3. The lowest BCUT2D eigenvalue weighted by Crippen LogP contribution is -2.58. The molecule has 0 bridgehead atoms. The molecule has 1 aliphatic carbocycles. The van der Waals surface area contributed by atoms with Crippen molar-refractivity contribution in [3.63, 3.8) is 0 Å². The molecule has 0 aromatic heterocycles. The molecule has 1 rings (SSSR count). The van der Waals surface area contributed by atoms with Crippen LogP contribution in [0.2, 0.25) is 0 Å². The van der Waals surface area contributed by atoms with E-state index in [-0.39, 0.29) is 18.2 Å². The minimum Gasteiger partial charge on any atom is -0.444 e. The second-order valence-corrected chi connectivity index (χ2v) is 9.88. The topological polar surface area (TPSA) is 114 Å². The Bertz CT molecular complexity index is 600. The maximum atomic E-state index is 12.6. The average molecular weight is 392 g/mol. The van der Waals surface area contributed by atoms with Gasteiger partial charge >= 0.3 is 6.09 Å². The smallest absolute Gasteiger partial charge is 0.408 e. The van der Waals surface area contributed by atoms with Crippen molar-refractivity contribution in [2.75, 3.05) is 18.8 Å². The number of sulfonamides is 1. The number of alkyl carbamates (subject to hydrolysis) is 1. The van der Waals surface area contributed by atoms with Crippen LogP contribution in [0.4, 0.5) is 4.79 Å². The standard InChI is InChI=1S/C17H33N3O5S/c1-6-19-26(23,24)12-11-18-14(21)13-9-7-8-10-17(13,5)20-15(22)25-16(2,3)4/h13,19H,6-12H2,1-5H3,(H,18,21)(H,20,22). The third-order valence-corrected chi connectivity index (χ3v) is 5.82. The zero-order valence-electron chi connectivity index (χ0n) is 16.5. The third-order valence-electron chi connectivity index (χ3n) is 4.35. The first-order chi connectivity index (χ1) is 11.9. The summed E-state index contributed by atoms with van der Waals surface area (Å²) in [6, 6.07) is 0. The maximum absolute atomic E-state index is 12.6. The lowest BCUT2D eigenvalue weighted by atomic mass is 9.73. The minimum absolute atomic E-state index is 0.0349. The molecule has 0 aromatic carbocycles. The van der Waals surface area contributed by atoms with Crippen molar-refractivity contribution >= 4 is 22.0 Å². The van der Waals surface area contributed by atoms with Crippen LogP contribution in [0.3, 0.4) is 0 Å². The van der Waals surface area contributed by atoms with Crippen molar-refractivity contribution in [1.82, 2.24) is 15.4 Å². The van der Waals surface area contributed by atoms with Crippen LogP contribution in [0.25, 0.3) is 0 Å². The van der Waals surface area contributed by atoms with Gasteiger partial charge in [-0.1, -0.05) is 19.8 Å². The minimum atomic E-state index is -3.38. The van der Waals surface area contributed by atoms with Gasteiger partial charge in [0.15, 0.2) is 0 Å². The first-order valence-corrected chi connectivity index (χ1v) is 10.8. The summed E-state index contributed by atoms with van der Waals surface area (Å²) < 4.78 is 31.0. The number of amides is 2. The van der Waals surface area contributed by atoms with Gasteiger partial charge in [-0.2, -0.15) is 0 Å². The van der Waals surface area contributed by atoms with Crippen LogP contribution in [0.1, 0.15) is 60.3 Å². The van der Waals surface area contributed by atoms with E-state index in [1.165, 1.54) is 0 Å². The molecule has 0 radical (unpaired) electrons. The Balaban J connectivity index is 2.68. The molecule has 0 aromatic rings. The zero-order valence-corrected chi connectivity index (χ0v) is 17.3. The van der Waals surface area contributed by atoms with Crippen molar-refractivity contribution in [3.05, 3.63) is 0 Å². The maximum Gasteiger partial charge on any atom is 0.408 e. The molecular weight excluding hydrogens is 358 g/mol. The SMILES string of the molecule is CCNS(=O)(=O)CCNC(=O)C1CCCCC1(C)NC(=O)OC(C)(C)C. The van der Waals surface area contributed by atoms with Gasteiger partial charge in [0, 0.05) is 13.1 Å². The average Bonchev–Trinajstić information content (AvgIpc) is 2.44. The van der Waals surface area contributed by atoms with Gasteiger partial charge < -0.3 is 15.4 Å². The highest BCUT2D eigenvalue weighted by Crippen LogP contribution is 2.34. The van der Waals surface area contributed by atoms with E-state index in [0.29, 0.717) is 19.4 Å². The highest BCUT2D eigenvalue weighted by atomic mass is 32.2. The van der Waals surface area contributed by atoms with E-state index >= 15 is 0 Å². The van der Waals surface area contributed by atoms with Crippen molar-refractivity contribution < 1.29 is 22.7 Å².